The van der Waals surface area contributed by atoms with E-state index in [1.54, 1.807) is 12.1 Å². The first kappa shape index (κ1) is 11.6. The van der Waals surface area contributed by atoms with Gasteiger partial charge in [0.15, 0.2) is 9.84 Å². The van der Waals surface area contributed by atoms with Gasteiger partial charge >= 0.3 is 0 Å². The minimum absolute atomic E-state index is 0.204. The van der Waals surface area contributed by atoms with Crippen LogP contribution in [0, 0.1) is 6.92 Å². The fourth-order valence-electron chi connectivity index (χ4n) is 2.38. The Bertz CT molecular complexity index is 482. The molecule has 1 aromatic carbocycles. The zero-order chi connectivity index (χ0) is 11.8. The number of hydrogen-bond acceptors (Lipinski definition) is 3. The highest BCUT2D eigenvalue weighted by molar-refractivity contribution is 7.92. The van der Waals surface area contributed by atoms with Crippen LogP contribution < -0.4 is 5.73 Å². The van der Waals surface area contributed by atoms with Crippen molar-refractivity contribution in [2.75, 3.05) is 0 Å². The molecule has 4 heteroatoms. The van der Waals surface area contributed by atoms with Gasteiger partial charge in [-0.2, -0.15) is 0 Å². The Balaban J connectivity index is 2.43. The van der Waals surface area contributed by atoms with Crippen molar-refractivity contribution in [2.45, 2.75) is 42.4 Å². The van der Waals surface area contributed by atoms with Crippen molar-refractivity contribution in [3.63, 3.8) is 0 Å². The van der Waals surface area contributed by atoms with Gasteiger partial charge in [0.2, 0.25) is 0 Å². The number of nitrogens with two attached hydrogens (primary N) is 1. The van der Waals surface area contributed by atoms with E-state index in [-0.39, 0.29) is 6.04 Å². The van der Waals surface area contributed by atoms with Crippen molar-refractivity contribution in [1.29, 1.82) is 0 Å². The predicted octanol–water partition coefficient (Wildman–Crippen LogP) is 1.65. The van der Waals surface area contributed by atoms with Crippen molar-refractivity contribution in [1.82, 2.24) is 0 Å². The molecular formula is C12H17NO2S. The van der Waals surface area contributed by atoms with Crippen molar-refractivity contribution in [3.8, 4) is 0 Å². The third kappa shape index (κ3) is 1.87. The van der Waals surface area contributed by atoms with Gasteiger partial charge in [-0.15, -0.1) is 0 Å². The molecule has 0 aliphatic heterocycles. The third-order valence-electron chi connectivity index (χ3n) is 3.30. The van der Waals surface area contributed by atoms with Gasteiger partial charge in [0.05, 0.1) is 10.1 Å². The van der Waals surface area contributed by atoms with E-state index in [0.29, 0.717) is 11.3 Å². The molecule has 1 aliphatic carbocycles. The van der Waals surface area contributed by atoms with Gasteiger partial charge in [0.1, 0.15) is 0 Å². The molecular weight excluding hydrogens is 222 g/mol. The second-order valence-electron chi connectivity index (χ2n) is 4.44. The Morgan fingerprint density at radius 2 is 1.94 bits per heavy atom. The van der Waals surface area contributed by atoms with E-state index >= 15 is 0 Å². The van der Waals surface area contributed by atoms with E-state index in [1.165, 1.54) is 0 Å². The maximum absolute atomic E-state index is 12.4. The minimum Gasteiger partial charge on any atom is -0.327 e. The molecule has 0 aromatic heterocycles. The summed E-state index contributed by atoms with van der Waals surface area (Å²) in [6, 6.07) is 6.91. The van der Waals surface area contributed by atoms with Gasteiger partial charge < -0.3 is 5.73 Å². The quantitative estimate of drug-likeness (QED) is 0.853. The summed E-state index contributed by atoms with van der Waals surface area (Å²) in [6.45, 7) is 1.83. The molecule has 1 saturated carbocycles. The highest BCUT2D eigenvalue weighted by Crippen LogP contribution is 2.30. The van der Waals surface area contributed by atoms with Crippen LogP contribution in [-0.4, -0.2) is 19.7 Å². The summed E-state index contributed by atoms with van der Waals surface area (Å²) in [5.74, 6) is 0. The van der Waals surface area contributed by atoms with Gasteiger partial charge in [0, 0.05) is 6.04 Å². The molecule has 0 heterocycles. The topological polar surface area (TPSA) is 60.2 Å². The maximum atomic E-state index is 12.4. The Labute approximate surface area is 96.6 Å². The molecule has 0 spiro atoms. The first-order valence-corrected chi connectivity index (χ1v) is 7.13. The summed E-state index contributed by atoms with van der Waals surface area (Å²) >= 11 is 0. The molecule has 2 N–H and O–H groups in total. The summed E-state index contributed by atoms with van der Waals surface area (Å²) in [5.41, 5.74) is 6.68. The van der Waals surface area contributed by atoms with Crippen LogP contribution in [-0.2, 0) is 9.84 Å². The molecule has 2 unspecified atom stereocenters. The summed E-state index contributed by atoms with van der Waals surface area (Å²) in [7, 11) is -3.24. The summed E-state index contributed by atoms with van der Waals surface area (Å²) in [4.78, 5) is 0.442. The SMILES string of the molecule is Cc1ccccc1S(=O)(=O)C1CCCC1N. The summed E-state index contributed by atoms with van der Waals surface area (Å²) in [5, 5.41) is -0.395. The van der Waals surface area contributed by atoms with Crippen LogP contribution in [0.5, 0.6) is 0 Å². The van der Waals surface area contributed by atoms with E-state index < -0.39 is 15.1 Å². The Kier molecular flexibility index (Phi) is 3.04. The van der Waals surface area contributed by atoms with Gasteiger partial charge in [0.25, 0.3) is 0 Å². The van der Waals surface area contributed by atoms with Gasteiger partial charge in [-0.1, -0.05) is 24.6 Å². The molecule has 1 aliphatic rings. The number of aryl methyl sites for hydroxylation is 1. The Hall–Kier alpha value is -0.870. The Morgan fingerprint density at radius 3 is 2.50 bits per heavy atom. The van der Waals surface area contributed by atoms with Gasteiger partial charge in [-0.05, 0) is 31.4 Å². The number of rotatable bonds is 2. The van der Waals surface area contributed by atoms with Gasteiger partial charge in [-0.25, -0.2) is 8.42 Å². The molecule has 1 fully saturated rings. The lowest BCUT2D eigenvalue weighted by Gasteiger charge is -2.17. The van der Waals surface area contributed by atoms with Crippen molar-refractivity contribution >= 4 is 9.84 Å². The van der Waals surface area contributed by atoms with Crippen LogP contribution in [0.25, 0.3) is 0 Å². The number of hydrogen-bond donors (Lipinski definition) is 1. The molecule has 2 rings (SSSR count). The summed E-state index contributed by atoms with van der Waals surface area (Å²) in [6.07, 6.45) is 2.42. The molecule has 1 aromatic rings. The monoisotopic (exact) mass is 239 g/mol. The predicted molar refractivity (Wildman–Crippen MR) is 64.0 cm³/mol. The smallest absolute Gasteiger partial charge is 0.183 e. The second-order valence-corrected chi connectivity index (χ2v) is 6.58. The van der Waals surface area contributed by atoms with Crippen LogP contribution in [0.3, 0.4) is 0 Å². The van der Waals surface area contributed by atoms with Crippen LogP contribution in [0.4, 0.5) is 0 Å². The fraction of sp³-hybridized carbons (Fsp3) is 0.500. The number of sulfone groups is 1. The van der Waals surface area contributed by atoms with Gasteiger partial charge in [-0.3, -0.25) is 0 Å². The largest absolute Gasteiger partial charge is 0.327 e. The van der Waals surface area contributed by atoms with Crippen LogP contribution in [0.2, 0.25) is 0 Å². The van der Waals surface area contributed by atoms with E-state index in [0.717, 1.165) is 18.4 Å². The minimum atomic E-state index is -3.24. The molecule has 16 heavy (non-hydrogen) atoms. The lowest BCUT2D eigenvalue weighted by molar-refractivity contribution is 0.567. The third-order valence-corrected chi connectivity index (χ3v) is 5.76. The fourth-order valence-corrected chi connectivity index (χ4v) is 4.56. The van der Waals surface area contributed by atoms with Crippen LogP contribution in [0.15, 0.2) is 29.2 Å². The highest BCUT2D eigenvalue weighted by Gasteiger charge is 2.36. The Morgan fingerprint density at radius 1 is 1.25 bits per heavy atom. The zero-order valence-corrected chi connectivity index (χ0v) is 10.2. The average molecular weight is 239 g/mol. The lowest BCUT2D eigenvalue weighted by Crippen LogP contribution is -2.36. The maximum Gasteiger partial charge on any atom is 0.183 e. The molecule has 88 valence electrons. The van der Waals surface area contributed by atoms with Crippen molar-refractivity contribution < 1.29 is 8.42 Å². The van der Waals surface area contributed by atoms with Crippen LogP contribution >= 0.6 is 0 Å². The standard InChI is InChI=1S/C12H17NO2S/c1-9-5-2-3-7-11(9)16(14,15)12-8-4-6-10(12)13/h2-3,5,7,10,12H,4,6,8,13H2,1H3. The van der Waals surface area contributed by atoms with Crippen molar-refractivity contribution in [2.24, 2.45) is 5.73 Å². The average Bonchev–Trinajstić information content (AvgIpc) is 2.65. The molecule has 2 atom stereocenters. The summed E-state index contributed by atoms with van der Waals surface area (Å²) < 4.78 is 24.8. The normalized spacial score (nSPS) is 25.9. The second kappa shape index (κ2) is 4.18. The van der Waals surface area contributed by atoms with E-state index in [9.17, 15) is 8.42 Å². The lowest BCUT2D eigenvalue weighted by atomic mass is 10.2. The molecule has 3 nitrogen and oxygen atoms in total. The highest BCUT2D eigenvalue weighted by atomic mass is 32.2. The molecule has 0 saturated heterocycles. The number of benzene rings is 1. The molecule has 0 bridgehead atoms. The zero-order valence-electron chi connectivity index (χ0n) is 9.39. The first-order valence-electron chi connectivity index (χ1n) is 5.58. The van der Waals surface area contributed by atoms with E-state index in [4.69, 9.17) is 5.73 Å². The molecule has 0 radical (unpaired) electrons. The first-order chi connectivity index (χ1) is 7.53. The van der Waals surface area contributed by atoms with Crippen molar-refractivity contribution in [3.05, 3.63) is 29.8 Å². The van der Waals surface area contributed by atoms with Crippen LogP contribution in [0.1, 0.15) is 24.8 Å². The molecule has 0 amide bonds. The van der Waals surface area contributed by atoms with E-state index in [1.807, 2.05) is 19.1 Å². The van der Waals surface area contributed by atoms with E-state index in [2.05, 4.69) is 0 Å².